The zero-order valence-corrected chi connectivity index (χ0v) is 14.3. The predicted octanol–water partition coefficient (Wildman–Crippen LogP) is 2.36. The van der Waals surface area contributed by atoms with E-state index < -0.39 is 0 Å². The lowest BCUT2D eigenvalue weighted by Crippen LogP contribution is -2.39. The second-order valence-electron chi connectivity index (χ2n) is 7.02. The second kappa shape index (κ2) is 6.79. The molecule has 6 nitrogen and oxygen atoms in total. The van der Waals surface area contributed by atoms with Gasteiger partial charge in [0.15, 0.2) is 17.4 Å². The summed E-state index contributed by atoms with van der Waals surface area (Å²) < 4.78 is 2.00. The minimum Gasteiger partial charge on any atom is -0.353 e. The number of rotatable bonds is 4. The van der Waals surface area contributed by atoms with Crippen molar-refractivity contribution in [1.29, 1.82) is 0 Å². The van der Waals surface area contributed by atoms with Gasteiger partial charge < -0.3 is 10.6 Å². The van der Waals surface area contributed by atoms with Crippen molar-refractivity contribution < 1.29 is 0 Å². The Labute approximate surface area is 142 Å². The van der Waals surface area contributed by atoms with Gasteiger partial charge in [0.05, 0.1) is 6.54 Å². The summed E-state index contributed by atoms with van der Waals surface area (Å²) in [7, 11) is 1.83. The predicted molar refractivity (Wildman–Crippen MR) is 94.8 cm³/mol. The third-order valence-corrected chi connectivity index (χ3v) is 5.44. The number of pyridine rings is 1. The summed E-state index contributed by atoms with van der Waals surface area (Å²) >= 11 is 0. The molecule has 0 saturated heterocycles. The lowest BCUT2D eigenvalue weighted by molar-refractivity contribution is 0.315. The fourth-order valence-electron chi connectivity index (χ4n) is 4.01. The zero-order chi connectivity index (χ0) is 16.4. The van der Waals surface area contributed by atoms with Gasteiger partial charge in [-0.1, -0.05) is 38.2 Å². The number of guanidine groups is 1. The maximum absolute atomic E-state index is 4.36. The molecule has 24 heavy (non-hydrogen) atoms. The van der Waals surface area contributed by atoms with Crippen LogP contribution in [0.5, 0.6) is 0 Å². The molecule has 0 aliphatic heterocycles. The first-order chi connectivity index (χ1) is 11.8. The first-order valence-corrected chi connectivity index (χ1v) is 9.11. The number of hydrogen-bond acceptors (Lipinski definition) is 3. The van der Waals surface area contributed by atoms with E-state index in [9.17, 15) is 0 Å². The Morgan fingerprint density at radius 2 is 2.12 bits per heavy atom. The summed E-state index contributed by atoms with van der Waals surface area (Å²) in [5.74, 6) is 3.53. The van der Waals surface area contributed by atoms with Crippen molar-refractivity contribution in [1.82, 2.24) is 25.2 Å². The summed E-state index contributed by atoms with van der Waals surface area (Å²) in [6.07, 6.45) is 10.4. The quantitative estimate of drug-likeness (QED) is 0.669. The maximum atomic E-state index is 4.36. The minimum absolute atomic E-state index is 0.592. The largest absolute Gasteiger partial charge is 0.353 e. The Morgan fingerprint density at radius 1 is 1.25 bits per heavy atom. The van der Waals surface area contributed by atoms with E-state index in [-0.39, 0.29) is 0 Å². The van der Waals surface area contributed by atoms with Gasteiger partial charge in [-0.2, -0.15) is 0 Å². The molecule has 2 fully saturated rings. The second-order valence-corrected chi connectivity index (χ2v) is 7.02. The Bertz CT molecular complexity index is 715. The van der Waals surface area contributed by atoms with Crippen LogP contribution < -0.4 is 10.6 Å². The van der Waals surface area contributed by atoms with Crippen molar-refractivity contribution in [3.63, 3.8) is 0 Å². The summed E-state index contributed by atoms with van der Waals surface area (Å²) in [5, 5.41) is 15.4. The Kier molecular flexibility index (Phi) is 4.36. The molecule has 0 spiro atoms. The molecule has 4 rings (SSSR count). The first-order valence-electron chi connectivity index (χ1n) is 9.11. The van der Waals surface area contributed by atoms with Gasteiger partial charge in [0, 0.05) is 19.3 Å². The third-order valence-electron chi connectivity index (χ3n) is 5.44. The lowest BCUT2D eigenvalue weighted by atomic mass is 9.85. The van der Waals surface area contributed by atoms with E-state index in [1.54, 1.807) is 0 Å². The van der Waals surface area contributed by atoms with Crippen LogP contribution >= 0.6 is 0 Å². The number of aliphatic imine (C=N–C) groups is 1. The van der Waals surface area contributed by atoms with E-state index >= 15 is 0 Å². The van der Waals surface area contributed by atoms with Crippen LogP contribution in [0, 0.1) is 11.8 Å². The molecular formula is C18H26N6. The first kappa shape index (κ1) is 15.4. The highest BCUT2D eigenvalue weighted by atomic mass is 15.3. The molecule has 2 N–H and O–H groups in total. The molecule has 0 radical (unpaired) electrons. The Balaban J connectivity index is 1.31. The van der Waals surface area contributed by atoms with Crippen LogP contribution in [0.25, 0.3) is 5.65 Å². The summed E-state index contributed by atoms with van der Waals surface area (Å²) in [6.45, 7) is 0.617. The SMILES string of the molecule is CN=C(NCc1nnc2ccccn12)NC1CC1C1CCCCC1. The van der Waals surface area contributed by atoms with Gasteiger partial charge in [-0.3, -0.25) is 9.39 Å². The molecule has 6 heteroatoms. The molecule has 2 saturated carbocycles. The minimum atomic E-state index is 0.592. The fraction of sp³-hybridized carbons (Fsp3) is 0.611. The van der Waals surface area contributed by atoms with E-state index in [0.717, 1.165) is 29.3 Å². The van der Waals surface area contributed by atoms with Gasteiger partial charge in [0.25, 0.3) is 0 Å². The number of nitrogens with one attached hydrogen (secondary N) is 2. The smallest absolute Gasteiger partial charge is 0.191 e. The van der Waals surface area contributed by atoms with Crippen LogP contribution in [0.3, 0.4) is 0 Å². The lowest BCUT2D eigenvalue weighted by Gasteiger charge is -2.22. The highest BCUT2D eigenvalue weighted by Gasteiger charge is 2.43. The van der Waals surface area contributed by atoms with E-state index in [4.69, 9.17) is 0 Å². The number of fused-ring (bicyclic) bond motifs is 1. The average Bonchev–Trinajstić information content (AvgIpc) is 3.29. The van der Waals surface area contributed by atoms with Crippen molar-refractivity contribution >= 4 is 11.6 Å². The van der Waals surface area contributed by atoms with E-state index in [0.29, 0.717) is 12.6 Å². The van der Waals surface area contributed by atoms with Crippen LogP contribution in [0.15, 0.2) is 29.4 Å². The molecule has 2 aliphatic carbocycles. The molecule has 2 atom stereocenters. The summed E-state index contributed by atoms with van der Waals surface area (Å²) in [4.78, 5) is 4.36. The molecule has 2 unspecified atom stereocenters. The molecule has 0 amide bonds. The highest BCUT2D eigenvalue weighted by molar-refractivity contribution is 5.80. The van der Waals surface area contributed by atoms with Gasteiger partial charge >= 0.3 is 0 Å². The van der Waals surface area contributed by atoms with Crippen LogP contribution in [-0.4, -0.2) is 33.6 Å². The van der Waals surface area contributed by atoms with Gasteiger partial charge in [-0.05, 0) is 30.4 Å². The standard InChI is InChI=1S/C18H26N6/c1-19-18(21-15-11-14(15)13-7-3-2-4-8-13)20-12-17-23-22-16-9-5-6-10-24(16)17/h5-6,9-10,13-15H,2-4,7-8,11-12H2,1H3,(H2,19,20,21). The van der Waals surface area contributed by atoms with Crippen LogP contribution in [0.4, 0.5) is 0 Å². The van der Waals surface area contributed by atoms with Crippen molar-refractivity contribution in [2.75, 3.05) is 7.05 Å². The Morgan fingerprint density at radius 3 is 2.96 bits per heavy atom. The fourth-order valence-corrected chi connectivity index (χ4v) is 4.01. The van der Waals surface area contributed by atoms with Gasteiger partial charge in [-0.25, -0.2) is 0 Å². The molecule has 0 aromatic carbocycles. The van der Waals surface area contributed by atoms with Crippen molar-refractivity contribution in [3.05, 3.63) is 30.2 Å². The molecule has 2 aromatic heterocycles. The van der Waals surface area contributed by atoms with E-state index in [2.05, 4.69) is 25.8 Å². The maximum Gasteiger partial charge on any atom is 0.191 e. The molecule has 2 heterocycles. The topological polar surface area (TPSA) is 66.6 Å². The highest BCUT2D eigenvalue weighted by Crippen LogP contribution is 2.44. The number of nitrogens with zero attached hydrogens (tertiary/aromatic N) is 4. The molecular weight excluding hydrogens is 300 g/mol. The van der Waals surface area contributed by atoms with Gasteiger partial charge in [0.1, 0.15) is 0 Å². The molecule has 2 aliphatic rings. The van der Waals surface area contributed by atoms with Crippen molar-refractivity contribution in [3.8, 4) is 0 Å². The zero-order valence-electron chi connectivity index (χ0n) is 14.3. The van der Waals surface area contributed by atoms with Crippen LogP contribution in [0.2, 0.25) is 0 Å². The molecule has 2 aromatic rings. The van der Waals surface area contributed by atoms with Crippen molar-refractivity contribution in [2.24, 2.45) is 16.8 Å². The molecule has 128 valence electrons. The Hall–Kier alpha value is -2.11. The summed E-state index contributed by atoms with van der Waals surface area (Å²) in [5.41, 5.74) is 0.872. The van der Waals surface area contributed by atoms with E-state index in [1.807, 2.05) is 35.8 Å². The van der Waals surface area contributed by atoms with Gasteiger partial charge in [-0.15, -0.1) is 10.2 Å². The van der Waals surface area contributed by atoms with Gasteiger partial charge in [0.2, 0.25) is 0 Å². The van der Waals surface area contributed by atoms with Crippen LogP contribution in [-0.2, 0) is 6.54 Å². The van der Waals surface area contributed by atoms with Crippen LogP contribution in [0.1, 0.15) is 44.3 Å². The third kappa shape index (κ3) is 3.23. The van der Waals surface area contributed by atoms with Crippen molar-refractivity contribution in [2.45, 2.75) is 51.1 Å². The summed E-state index contributed by atoms with van der Waals surface area (Å²) in [6, 6.07) is 6.52. The monoisotopic (exact) mass is 326 g/mol. The number of hydrogen-bond donors (Lipinski definition) is 2. The number of aromatic nitrogens is 3. The van der Waals surface area contributed by atoms with E-state index in [1.165, 1.54) is 38.5 Å². The normalized spacial score (nSPS) is 25.0. The average molecular weight is 326 g/mol. The molecule has 0 bridgehead atoms.